The van der Waals surface area contributed by atoms with Crippen LogP contribution in [0.2, 0.25) is 0 Å². The van der Waals surface area contributed by atoms with Crippen molar-refractivity contribution in [3.05, 3.63) is 89.2 Å². The van der Waals surface area contributed by atoms with Crippen LogP contribution in [0.4, 0.5) is 5.69 Å². The van der Waals surface area contributed by atoms with Gasteiger partial charge in [0.15, 0.2) is 0 Å². The molecule has 0 bridgehead atoms. The lowest BCUT2D eigenvalue weighted by molar-refractivity contribution is 0.0946. The number of ether oxygens (including phenoxy) is 1. The molecule has 1 aromatic heterocycles. The number of hydrogen-bond donors (Lipinski definition) is 2. The van der Waals surface area contributed by atoms with Crippen molar-refractivity contribution in [3.8, 4) is 5.75 Å². The molecule has 3 aromatic rings. The fraction of sp³-hybridized carbons (Fsp3) is 0.136. The van der Waals surface area contributed by atoms with Gasteiger partial charge in [-0.1, -0.05) is 36.4 Å². The molecule has 0 saturated heterocycles. The molecule has 142 valence electrons. The van der Waals surface area contributed by atoms with Crippen molar-refractivity contribution < 1.29 is 14.3 Å². The third kappa shape index (κ3) is 4.54. The Morgan fingerprint density at radius 2 is 1.75 bits per heavy atom. The van der Waals surface area contributed by atoms with Crippen LogP contribution in [-0.4, -0.2) is 23.9 Å². The lowest BCUT2D eigenvalue weighted by atomic mass is 10.1. The van der Waals surface area contributed by atoms with E-state index in [0.717, 1.165) is 11.1 Å². The van der Waals surface area contributed by atoms with Gasteiger partial charge in [-0.25, -0.2) is 0 Å². The fourth-order valence-corrected chi connectivity index (χ4v) is 2.71. The summed E-state index contributed by atoms with van der Waals surface area (Å²) in [5.74, 6) is -0.129. The molecule has 2 N–H and O–H groups in total. The highest BCUT2D eigenvalue weighted by Gasteiger charge is 2.13. The third-order valence-corrected chi connectivity index (χ3v) is 4.31. The molecule has 0 saturated carbocycles. The van der Waals surface area contributed by atoms with Crippen molar-refractivity contribution in [1.82, 2.24) is 10.3 Å². The Balaban J connectivity index is 1.70. The fourth-order valence-electron chi connectivity index (χ4n) is 2.71. The first-order valence-electron chi connectivity index (χ1n) is 8.81. The summed E-state index contributed by atoms with van der Waals surface area (Å²) in [5.41, 5.74) is 3.20. The van der Waals surface area contributed by atoms with E-state index in [9.17, 15) is 9.59 Å². The molecule has 0 spiro atoms. The zero-order valence-electron chi connectivity index (χ0n) is 15.7. The molecule has 1 heterocycles. The number of aromatic nitrogens is 1. The summed E-state index contributed by atoms with van der Waals surface area (Å²) < 4.78 is 5.24. The summed E-state index contributed by atoms with van der Waals surface area (Å²) in [5, 5.41) is 5.62. The van der Waals surface area contributed by atoms with E-state index in [0.29, 0.717) is 23.5 Å². The molecule has 6 nitrogen and oxygen atoms in total. The second-order valence-electron chi connectivity index (χ2n) is 6.19. The van der Waals surface area contributed by atoms with Gasteiger partial charge in [0.1, 0.15) is 11.4 Å². The summed E-state index contributed by atoms with van der Waals surface area (Å²) in [6.07, 6.45) is 1.44. The molecule has 2 amide bonds. The minimum atomic E-state index is -0.347. The molecule has 2 aromatic carbocycles. The van der Waals surface area contributed by atoms with E-state index in [-0.39, 0.29) is 17.5 Å². The van der Waals surface area contributed by atoms with Crippen LogP contribution in [0.1, 0.15) is 32.0 Å². The Hall–Kier alpha value is -3.67. The highest BCUT2D eigenvalue weighted by Crippen LogP contribution is 2.23. The van der Waals surface area contributed by atoms with Gasteiger partial charge in [-0.15, -0.1) is 0 Å². The van der Waals surface area contributed by atoms with Crippen molar-refractivity contribution >= 4 is 17.5 Å². The summed E-state index contributed by atoms with van der Waals surface area (Å²) in [6.45, 7) is 2.38. The van der Waals surface area contributed by atoms with Crippen molar-refractivity contribution in [2.24, 2.45) is 0 Å². The number of pyridine rings is 1. The number of nitrogens with zero attached hydrogens (tertiary/aromatic N) is 1. The topological polar surface area (TPSA) is 80.3 Å². The van der Waals surface area contributed by atoms with Crippen LogP contribution in [0, 0.1) is 6.92 Å². The van der Waals surface area contributed by atoms with E-state index in [2.05, 4.69) is 15.6 Å². The molecule has 0 atom stereocenters. The molecular formula is C22H21N3O3. The molecular weight excluding hydrogens is 354 g/mol. The van der Waals surface area contributed by atoms with Crippen molar-refractivity contribution in [1.29, 1.82) is 0 Å². The second-order valence-corrected chi connectivity index (χ2v) is 6.19. The van der Waals surface area contributed by atoms with E-state index in [1.54, 1.807) is 24.3 Å². The predicted molar refractivity (Wildman–Crippen MR) is 108 cm³/mol. The Morgan fingerprint density at radius 1 is 1.00 bits per heavy atom. The number of aryl methyl sites for hydroxylation is 1. The molecule has 0 fully saturated rings. The SMILES string of the molecule is COc1ccccc1NC(=O)c1ccnc(C(=O)NCc2ccccc2C)c1. The lowest BCUT2D eigenvalue weighted by Crippen LogP contribution is -2.24. The van der Waals surface area contributed by atoms with E-state index in [1.807, 2.05) is 37.3 Å². The number of nitrogens with one attached hydrogen (secondary N) is 2. The normalized spacial score (nSPS) is 10.2. The van der Waals surface area contributed by atoms with Gasteiger partial charge >= 0.3 is 0 Å². The van der Waals surface area contributed by atoms with Gasteiger partial charge in [-0.05, 0) is 42.3 Å². The average molecular weight is 375 g/mol. The largest absolute Gasteiger partial charge is 0.495 e. The molecule has 3 rings (SSSR count). The Morgan fingerprint density at radius 3 is 2.54 bits per heavy atom. The van der Waals surface area contributed by atoms with Gasteiger partial charge in [0.25, 0.3) is 11.8 Å². The summed E-state index contributed by atoms with van der Waals surface area (Å²) in [6, 6.07) is 18.0. The number of benzene rings is 2. The van der Waals surface area contributed by atoms with Crippen LogP contribution >= 0.6 is 0 Å². The van der Waals surface area contributed by atoms with E-state index < -0.39 is 0 Å². The molecule has 0 unspecified atom stereocenters. The Kier molecular flexibility index (Phi) is 6.01. The van der Waals surface area contributed by atoms with Gasteiger partial charge in [-0.3, -0.25) is 14.6 Å². The van der Waals surface area contributed by atoms with Gasteiger partial charge in [0, 0.05) is 18.3 Å². The summed E-state index contributed by atoms with van der Waals surface area (Å²) >= 11 is 0. The minimum Gasteiger partial charge on any atom is -0.495 e. The number of hydrogen-bond acceptors (Lipinski definition) is 4. The number of carbonyl (C=O) groups is 2. The molecule has 6 heteroatoms. The van der Waals surface area contributed by atoms with E-state index in [4.69, 9.17) is 4.74 Å². The summed E-state index contributed by atoms with van der Waals surface area (Å²) in [7, 11) is 1.54. The smallest absolute Gasteiger partial charge is 0.270 e. The summed E-state index contributed by atoms with van der Waals surface area (Å²) in [4.78, 5) is 29.1. The maximum atomic E-state index is 12.6. The van der Waals surface area contributed by atoms with Gasteiger partial charge < -0.3 is 15.4 Å². The highest BCUT2D eigenvalue weighted by atomic mass is 16.5. The van der Waals surface area contributed by atoms with Gasteiger partial charge in [0.2, 0.25) is 0 Å². The Bertz CT molecular complexity index is 1000. The monoisotopic (exact) mass is 375 g/mol. The first kappa shape index (κ1) is 19.1. The van der Waals surface area contributed by atoms with Crippen LogP contribution in [0.3, 0.4) is 0 Å². The molecule has 28 heavy (non-hydrogen) atoms. The quantitative estimate of drug-likeness (QED) is 0.690. The third-order valence-electron chi connectivity index (χ3n) is 4.31. The second kappa shape index (κ2) is 8.81. The zero-order valence-corrected chi connectivity index (χ0v) is 15.7. The van der Waals surface area contributed by atoms with Crippen LogP contribution in [0.5, 0.6) is 5.75 Å². The number of methoxy groups -OCH3 is 1. The lowest BCUT2D eigenvalue weighted by Gasteiger charge is -2.11. The molecule has 0 aliphatic rings. The molecule has 0 radical (unpaired) electrons. The highest BCUT2D eigenvalue weighted by molar-refractivity contribution is 6.06. The van der Waals surface area contributed by atoms with Crippen molar-refractivity contribution in [2.45, 2.75) is 13.5 Å². The van der Waals surface area contributed by atoms with Crippen LogP contribution in [0.15, 0.2) is 66.9 Å². The molecule has 0 aliphatic heterocycles. The number of amides is 2. The van der Waals surface area contributed by atoms with Crippen LogP contribution in [-0.2, 0) is 6.54 Å². The number of anilines is 1. The molecule has 0 aliphatic carbocycles. The van der Waals surface area contributed by atoms with E-state index >= 15 is 0 Å². The number of para-hydroxylation sites is 2. The van der Waals surface area contributed by atoms with Gasteiger partial charge in [-0.2, -0.15) is 0 Å². The minimum absolute atomic E-state index is 0.182. The van der Waals surface area contributed by atoms with E-state index in [1.165, 1.54) is 19.4 Å². The maximum absolute atomic E-state index is 12.6. The van der Waals surface area contributed by atoms with Crippen LogP contribution in [0.25, 0.3) is 0 Å². The van der Waals surface area contributed by atoms with Crippen molar-refractivity contribution in [3.63, 3.8) is 0 Å². The van der Waals surface area contributed by atoms with Crippen LogP contribution < -0.4 is 15.4 Å². The number of rotatable bonds is 6. The average Bonchev–Trinajstić information content (AvgIpc) is 2.73. The van der Waals surface area contributed by atoms with Crippen molar-refractivity contribution in [2.75, 3.05) is 12.4 Å². The van der Waals surface area contributed by atoms with Gasteiger partial charge in [0.05, 0.1) is 12.8 Å². The number of carbonyl (C=O) groups excluding carboxylic acids is 2. The standard InChI is InChI=1S/C22H21N3O3/c1-15-7-3-4-8-17(15)14-24-22(27)19-13-16(11-12-23-19)21(26)25-18-9-5-6-10-20(18)28-2/h3-13H,14H2,1-2H3,(H,24,27)(H,25,26). The maximum Gasteiger partial charge on any atom is 0.270 e. The first-order valence-corrected chi connectivity index (χ1v) is 8.81. The first-order chi connectivity index (χ1) is 13.6. The predicted octanol–water partition coefficient (Wildman–Crippen LogP) is 3.58. The zero-order chi connectivity index (χ0) is 19.9. The Labute approximate surface area is 163 Å².